The summed E-state index contributed by atoms with van der Waals surface area (Å²) in [6.07, 6.45) is 0. The van der Waals surface area contributed by atoms with Crippen molar-refractivity contribution in [2.45, 2.75) is 0 Å². The standard InChI is InChI=1S/C8H5F2N4/c1-14-12-8(11-13-14)5-2-3-6(9)7(10)4-5/h2-4H,1H2/q-1. The van der Waals surface area contributed by atoms with Crippen molar-refractivity contribution in [3.8, 4) is 11.4 Å². The first kappa shape index (κ1) is 8.61. The highest BCUT2D eigenvalue weighted by Crippen LogP contribution is 2.16. The smallest absolute Gasteiger partial charge is 0.202 e. The Balaban J connectivity index is 2.47. The Hall–Kier alpha value is -1.98. The zero-order chi connectivity index (χ0) is 10.1. The summed E-state index contributed by atoms with van der Waals surface area (Å²) in [5.74, 6) is -1.64. The summed E-state index contributed by atoms with van der Waals surface area (Å²) in [5, 5.41) is 10.8. The lowest BCUT2D eigenvalue weighted by atomic mass is 10.2. The van der Waals surface area contributed by atoms with E-state index < -0.39 is 11.6 Å². The maximum Gasteiger partial charge on any atom is 0.202 e. The van der Waals surface area contributed by atoms with E-state index in [2.05, 4.69) is 22.5 Å². The van der Waals surface area contributed by atoms with Crippen LogP contribution in [0.15, 0.2) is 18.2 Å². The number of nitrogens with zero attached hydrogens (tertiary/aromatic N) is 4. The third-order valence-corrected chi connectivity index (χ3v) is 1.63. The van der Waals surface area contributed by atoms with Crippen molar-refractivity contribution in [3.63, 3.8) is 0 Å². The van der Waals surface area contributed by atoms with E-state index in [-0.39, 0.29) is 5.82 Å². The van der Waals surface area contributed by atoms with Crippen LogP contribution in [0.4, 0.5) is 8.78 Å². The summed E-state index contributed by atoms with van der Waals surface area (Å²) >= 11 is 0. The average molecular weight is 195 g/mol. The lowest BCUT2D eigenvalue weighted by Gasteiger charge is -1.96. The van der Waals surface area contributed by atoms with E-state index in [9.17, 15) is 8.78 Å². The predicted molar refractivity (Wildman–Crippen MR) is 43.9 cm³/mol. The van der Waals surface area contributed by atoms with Gasteiger partial charge in [-0.15, -0.1) is 5.10 Å². The monoisotopic (exact) mass is 195 g/mol. The van der Waals surface area contributed by atoms with Crippen LogP contribution in [0.3, 0.4) is 0 Å². The number of hydrogen-bond acceptors (Lipinski definition) is 3. The van der Waals surface area contributed by atoms with E-state index in [1.165, 1.54) is 6.07 Å². The molecule has 0 atom stereocenters. The summed E-state index contributed by atoms with van der Waals surface area (Å²) in [4.78, 5) is 0.997. The van der Waals surface area contributed by atoms with Gasteiger partial charge in [0.2, 0.25) is 5.82 Å². The molecule has 0 unspecified atom stereocenters. The fourth-order valence-corrected chi connectivity index (χ4v) is 0.994. The van der Waals surface area contributed by atoms with Crippen molar-refractivity contribution in [2.75, 3.05) is 0 Å². The van der Waals surface area contributed by atoms with Crippen LogP contribution in [0.25, 0.3) is 11.4 Å². The van der Waals surface area contributed by atoms with Crippen molar-refractivity contribution >= 4 is 0 Å². The minimum Gasteiger partial charge on any atom is -0.301 e. The van der Waals surface area contributed by atoms with Crippen molar-refractivity contribution in [2.24, 2.45) is 0 Å². The molecular formula is C8H5F2N4-. The van der Waals surface area contributed by atoms with Gasteiger partial charge in [-0.25, -0.2) is 8.78 Å². The Kier molecular flexibility index (Phi) is 1.88. The Bertz CT molecular complexity index is 466. The predicted octanol–water partition coefficient (Wildman–Crippen LogP) is 1.26. The Morgan fingerprint density at radius 1 is 1.21 bits per heavy atom. The van der Waals surface area contributed by atoms with Crippen LogP contribution in [0.5, 0.6) is 0 Å². The molecule has 0 fully saturated rings. The average Bonchev–Trinajstić information content (AvgIpc) is 2.57. The lowest BCUT2D eigenvalue weighted by molar-refractivity contribution is 0.509. The first-order valence-corrected chi connectivity index (χ1v) is 3.73. The van der Waals surface area contributed by atoms with Gasteiger partial charge in [-0.1, -0.05) is 5.21 Å². The topological polar surface area (TPSA) is 43.6 Å². The van der Waals surface area contributed by atoms with Crippen LogP contribution >= 0.6 is 0 Å². The van der Waals surface area contributed by atoms with Gasteiger partial charge in [0.05, 0.1) is 0 Å². The molecule has 0 saturated carbocycles. The number of aromatic nitrogens is 4. The molecular weight excluding hydrogens is 190 g/mol. The molecule has 0 aliphatic carbocycles. The Morgan fingerprint density at radius 3 is 2.57 bits per heavy atom. The first-order valence-electron chi connectivity index (χ1n) is 3.73. The van der Waals surface area contributed by atoms with Crippen molar-refractivity contribution in [3.05, 3.63) is 36.9 Å². The van der Waals surface area contributed by atoms with E-state index in [4.69, 9.17) is 0 Å². The summed E-state index contributed by atoms with van der Waals surface area (Å²) in [6.45, 7) is 0. The van der Waals surface area contributed by atoms with Gasteiger partial charge < -0.3 is 4.80 Å². The van der Waals surface area contributed by atoms with E-state index in [0.717, 1.165) is 16.9 Å². The number of rotatable bonds is 1. The van der Waals surface area contributed by atoms with Gasteiger partial charge in [0.15, 0.2) is 11.6 Å². The minimum absolute atomic E-state index is 0.207. The Labute approximate surface area is 78.2 Å². The van der Waals surface area contributed by atoms with Gasteiger partial charge in [0, 0.05) is 5.56 Å². The molecule has 0 bridgehead atoms. The van der Waals surface area contributed by atoms with Gasteiger partial charge in [0.25, 0.3) is 0 Å². The molecule has 1 aromatic carbocycles. The van der Waals surface area contributed by atoms with Crippen molar-refractivity contribution in [1.29, 1.82) is 0 Å². The zero-order valence-corrected chi connectivity index (χ0v) is 6.98. The van der Waals surface area contributed by atoms with E-state index in [1.807, 2.05) is 0 Å². The Morgan fingerprint density at radius 2 is 2.00 bits per heavy atom. The molecule has 14 heavy (non-hydrogen) atoms. The van der Waals surface area contributed by atoms with Crippen LogP contribution in [0.1, 0.15) is 0 Å². The van der Waals surface area contributed by atoms with Gasteiger partial charge in [-0.2, -0.15) is 5.10 Å². The van der Waals surface area contributed by atoms with Crippen LogP contribution < -0.4 is 0 Å². The third-order valence-electron chi connectivity index (χ3n) is 1.63. The van der Waals surface area contributed by atoms with Gasteiger partial charge in [-0.05, 0) is 18.2 Å². The van der Waals surface area contributed by atoms with Crippen LogP contribution in [-0.2, 0) is 0 Å². The number of hydrogen-bond donors (Lipinski definition) is 0. The molecule has 0 spiro atoms. The lowest BCUT2D eigenvalue weighted by Crippen LogP contribution is -1.90. The fraction of sp³-hybridized carbons (Fsp3) is 0. The van der Waals surface area contributed by atoms with Crippen LogP contribution in [0.2, 0.25) is 0 Å². The normalized spacial score (nSPS) is 10.4. The zero-order valence-electron chi connectivity index (χ0n) is 6.98. The highest BCUT2D eigenvalue weighted by molar-refractivity contribution is 5.53. The highest BCUT2D eigenvalue weighted by atomic mass is 19.2. The van der Waals surface area contributed by atoms with Gasteiger partial charge >= 0.3 is 0 Å². The third kappa shape index (κ3) is 1.41. The molecule has 0 radical (unpaired) electrons. The molecule has 0 saturated heterocycles. The van der Waals surface area contributed by atoms with E-state index in [1.54, 1.807) is 0 Å². The molecule has 72 valence electrons. The fourth-order valence-electron chi connectivity index (χ4n) is 0.994. The second-order valence-corrected chi connectivity index (χ2v) is 2.61. The summed E-state index contributed by atoms with van der Waals surface area (Å²) < 4.78 is 25.4. The maximum absolute atomic E-state index is 12.8. The van der Waals surface area contributed by atoms with Gasteiger partial charge in [-0.3, -0.25) is 7.05 Å². The van der Waals surface area contributed by atoms with Crippen LogP contribution in [-0.4, -0.2) is 20.2 Å². The first-order chi connectivity index (χ1) is 6.66. The van der Waals surface area contributed by atoms with Gasteiger partial charge in [0.1, 0.15) is 0 Å². The number of benzene rings is 1. The minimum atomic E-state index is -0.942. The molecule has 4 nitrogen and oxygen atoms in total. The largest absolute Gasteiger partial charge is 0.301 e. The molecule has 0 aliphatic rings. The molecule has 2 rings (SSSR count). The molecule has 1 aromatic heterocycles. The molecule has 6 heteroatoms. The SMILES string of the molecule is [CH2-]n1nnc(-c2ccc(F)c(F)c2)n1. The van der Waals surface area contributed by atoms with E-state index >= 15 is 0 Å². The summed E-state index contributed by atoms with van der Waals surface area (Å²) in [7, 11) is 3.37. The number of halogens is 2. The molecule has 0 amide bonds. The second kappa shape index (κ2) is 3.06. The summed E-state index contributed by atoms with van der Waals surface area (Å²) in [5.41, 5.74) is 0.360. The van der Waals surface area contributed by atoms with Crippen LogP contribution in [0, 0.1) is 18.7 Å². The van der Waals surface area contributed by atoms with Crippen molar-refractivity contribution < 1.29 is 8.78 Å². The summed E-state index contributed by atoms with van der Waals surface area (Å²) in [6, 6.07) is 3.39. The quantitative estimate of drug-likeness (QED) is 0.643. The number of tetrazole rings is 1. The molecule has 1 heterocycles. The molecule has 0 N–H and O–H groups in total. The highest BCUT2D eigenvalue weighted by Gasteiger charge is 2.07. The van der Waals surface area contributed by atoms with Crippen molar-refractivity contribution in [1.82, 2.24) is 20.2 Å². The molecule has 2 aromatic rings. The molecule has 0 aliphatic heterocycles. The maximum atomic E-state index is 12.8. The van der Waals surface area contributed by atoms with E-state index in [0.29, 0.717) is 5.56 Å². The second-order valence-electron chi connectivity index (χ2n) is 2.61.